The summed E-state index contributed by atoms with van der Waals surface area (Å²) in [7, 11) is 0. The Hall–Kier alpha value is -3.22. The van der Waals surface area contributed by atoms with Gasteiger partial charge >= 0.3 is 0 Å². The normalized spacial score (nSPS) is 13.9. The second-order valence-corrected chi connectivity index (χ2v) is 6.72. The van der Waals surface area contributed by atoms with E-state index in [0.717, 1.165) is 11.3 Å². The Balaban J connectivity index is 1.46. The Kier molecular flexibility index (Phi) is 6.03. The lowest BCUT2D eigenvalue weighted by Gasteiger charge is -2.36. The predicted octanol–water partition coefficient (Wildman–Crippen LogP) is 1.78. The molecule has 146 valence electrons. The average molecular weight is 383 g/mol. The van der Waals surface area contributed by atoms with Gasteiger partial charge in [-0.25, -0.2) is 4.39 Å². The zero-order chi connectivity index (χ0) is 20.1. The molecule has 7 heteroatoms. The second kappa shape index (κ2) is 8.65. The Morgan fingerprint density at radius 2 is 1.54 bits per heavy atom. The van der Waals surface area contributed by atoms with Crippen molar-refractivity contribution in [3.63, 3.8) is 0 Å². The second-order valence-electron chi connectivity index (χ2n) is 6.72. The van der Waals surface area contributed by atoms with Gasteiger partial charge < -0.3 is 15.1 Å². The summed E-state index contributed by atoms with van der Waals surface area (Å²) < 4.78 is 13.0. The molecule has 2 aromatic rings. The van der Waals surface area contributed by atoms with Crippen molar-refractivity contribution in [3.8, 4) is 0 Å². The molecule has 0 radical (unpaired) electrons. The first-order valence-electron chi connectivity index (χ1n) is 9.11. The number of hydrogen-bond donors (Lipinski definition) is 1. The number of halogens is 1. The third kappa shape index (κ3) is 4.73. The molecule has 0 spiro atoms. The number of piperazine rings is 1. The van der Waals surface area contributed by atoms with Crippen molar-refractivity contribution >= 4 is 23.3 Å². The van der Waals surface area contributed by atoms with Crippen LogP contribution in [0.2, 0.25) is 0 Å². The van der Waals surface area contributed by atoms with Crippen LogP contribution in [0.1, 0.15) is 15.9 Å². The molecule has 1 saturated heterocycles. The van der Waals surface area contributed by atoms with Crippen molar-refractivity contribution in [2.45, 2.75) is 6.92 Å². The van der Waals surface area contributed by atoms with Gasteiger partial charge in [-0.15, -0.1) is 0 Å². The number of carbonyl (C=O) groups is 3. The maximum atomic E-state index is 13.0. The molecule has 3 rings (SSSR count). The average Bonchev–Trinajstić information content (AvgIpc) is 2.72. The highest BCUT2D eigenvalue weighted by atomic mass is 19.1. The van der Waals surface area contributed by atoms with E-state index < -0.39 is 11.7 Å². The highest BCUT2D eigenvalue weighted by Crippen LogP contribution is 2.16. The van der Waals surface area contributed by atoms with Crippen LogP contribution in [0.4, 0.5) is 10.1 Å². The van der Waals surface area contributed by atoms with Gasteiger partial charge in [-0.1, -0.05) is 29.8 Å². The van der Waals surface area contributed by atoms with Crippen molar-refractivity contribution < 1.29 is 18.8 Å². The van der Waals surface area contributed by atoms with Gasteiger partial charge in [-0.3, -0.25) is 14.4 Å². The fourth-order valence-electron chi connectivity index (χ4n) is 3.05. The molecule has 1 fully saturated rings. The van der Waals surface area contributed by atoms with Gasteiger partial charge in [0.1, 0.15) is 5.82 Å². The van der Waals surface area contributed by atoms with Crippen LogP contribution in [-0.4, -0.2) is 55.2 Å². The van der Waals surface area contributed by atoms with Gasteiger partial charge in [0.25, 0.3) is 5.91 Å². The third-order valence-corrected chi connectivity index (χ3v) is 4.74. The van der Waals surface area contributed by atoms with Crippen molar-refractivity contribution in [3.05, 3.63) is 65.5 Å². The molecule has 0 aromatic heterocycles. The van der Waals surface area contributed by atoms with Gasteiger partial charge in [-0.05, 0) is 31.2 Å². The van der Waals surface area contributed by atoms with E-state index in [1.807, 2.05) is 6.92 Å². The van der Waals surface area contributed by atoms with E-state index in [0.29, 0.717) is 31.7 Å². The van der Waals surface area contributed by atoms with E-state index >= 15 is 0 Å². The van der Waals surface area contributed by atoms with Crippen LogP contribution in [0.15, 0.2) is 48.5 Å². The smallest absolute Gasteiger partial charge is 0.292 e. The van der Waals surface area contributed by atoms with Crippen LogP contribution in [-0.2, 0) is 9.59 Å². The summed E-state index contributed by atoms with van der Waals surface area (Å²) in [6.45, 7) is 3.91. The van der Waals surface area contributed by atoms with E-state index in [9.17, 15) is 18.8 Å². The maximum Gasteiger partial charge on any atom is 0.292 e. The van der Waals surface area contributed by atoms with E-state index in [1.165, 1.54) is 12.1 Å². The lowest BCUT2D eigenvalue weighted by Crippen LogP contribution is -2.51. The van der Waals surface area contributed by atoms with Gasteiger partial charge in [0.15, 0.2) is 0 Å². The summed E-state index contributed by atoms with van der Waals surface area (Å²) in [5.41, 5.74) is 2.20. The summed E-state index contributed by atoms with van der Waals surface area (Å²) in [5, 5.41) is 2.41. The maximum absolute atomic E-state index is 13.0. The topological polar surface area (TPSA) is 69.7 Å². The molecule has 6 nitrogen and oxygen atoms in total. The molecule has 1 aliphatic heterocycles. The number of benzene rings is 2. The number of ketones is 1. The molecule has 1 aliphatic rings. The quantitative estimate of drug-likeness (QED) is 0.631. The van der Waals surface area contributed by atoms with Crippen LogP contribution in [0.5, 0.6) is 0 Å². The van der Waals surface area contributed by atoms with E-state index in [4.69, 9.17) is 0 Å². The first-order valence-corrected chi connectivity index (χ1v) is 9.11. The molecular formula is C21H22FN3O3. The van der Waals surface area contributed by atoms with Crippen LogP contribution in [0.3, 0.4) is 0 Å². The zero-order valence-electron chi connectivity index (χ0n) is 15.7. The third-order valence-electron chi connectivity index (χ3n) is 4.74. The summed E-state index contributed by atoms with van der Waals surface area (Å²) in [6, 6.07) is 12.9. The number of nitrogens with one attached hydrogen (secondary N) is 1. The number of aryl methyl sites for hydroxylation is 1. The van der Waals surface area contributed by atoms with Gasteiger partial charge in [0.05, 0.1) is 6.54 Å². The fourth-order valence-corrected chi connectivity index (χ4v) is 3.05. The summed E-state index contributed by atoms with van der Waals surface area (Å²) in [5.74, 6) is -1.96. The first-order chi connectivity index (χ1) is 13.4. The minimum Gasteiger partial charge on any atom is -0.368 e. The van der Waals surface area contributed by atoms with Crippen LogP contribution in [0, 0.1) is 12.7 Å². The largest absolute Gasteiger partial charge is 0.368 e. The molecule has 1 heterocycles. The molecule has 2 aromatic carbocycles. The van der Waals surface area contributed by atoms with Crippen LogP contribution < -0.4 is 10.2 Å². The van der Waals surface area contributed by atoms with Gasteiger partial charge in [0, 0.05) is 37.4 Å². The van der Waals surface area contributed by atoms with Crippen LogP contribution >= 0.6 is 0 Å². The van der Waals surface area contributed by atoms with E-state index in [-0.39, 0.29) is 18.3 Å². The van der Waals surface area contributed by atoms with Crippen molar-refractivity contribution in [1.82, 2.24) is 10.2 Å². The molecule has 2 amide bonds. The van der Waals surface area contributed by atoms with Crippen LogP contribution in [0.25, 0.3) is 0 Å². The van der Waals surface area contributed by atoms with Crippen molar-refractivity contribution in [1.29, 1.82) is 0 Å². The Labute approximate surface area is 162 Å². The zero-order valence-corrected chi connectivity index (χ0v) is 15.7. The number of amides is 2. The summed E-state index contributed by atoms with van der Waals surface area (Å²) in [6.07, 6.45) is 0. The molecule has 1 N–H and O–H groups in total. The minimum absolute atomic E-state index is 0.215. The highest BCUT2D eigenvalue weighted by molar-refractivity contribution is 6.43. The summed E-state index contributed by atoms with van der Waals surface area (Å²) in [4.78, 5) is 40.2. The molecule has 0 unspecified atom stereocenters. The van der Waals surface area contributed by atoms with E-state index in [1.54, 1.807) is 41.3 Å². The molecular weight excluding hydrogens is 361 g/mol. The number of nitrogens with zero attached hydrogens (tertiary/aromatic N) is 2. The van der Waals surface area contributed by atoms with Gasteiger partial charge in [-0.2, -0.15) is 0 Å². The number of anilines is 1. The standard InChI is InChI=1S/C21H22FN3O3/c1-15-2-4-16(5-3-15)20(27)21(28)23-14-19(26)25-12-10-24(11-13-25)18-8-6-17(22)7-9-18/h2-9H,10-14H2,1H3,(H,23,28). The molecule has 0 bridgehead atoms. The molecule has 0 atom stereocenters. The van der Waals surface area contributed by atoms with Gasteiger partial charge in [0.2, 0.25) is 11.7 Å². The van der Waals surface area contributed by atoms with Crippen molar-refractivity contribution in [2.75, 3.05) is 37.6 Å². The number of rotatable bonds is 5. The number of carbonyl (C=O) groups excluding carboxylic acids is 3. The predicted molar refractivity (Wildman–Crippen MR) is 104 cm³/mol. The molecule has 0 saturated carbocycles. The Morgan fingerprint density at radius 3 is 2.14 bits per heavy atom. The SMILES string of the molecule is Cc1ccc(C(=O)C(=O)NCC(=O)N2CCN(c3ccc(F)cc3)CC2)cc1. The Bertz CT molecular complexity index is 857. The highest BCUT2D eigenvalue weighted by Gasteiger charge is 2.23. The summed E-state index contributed by atoms with van der Waals surface area (Å²) >= 11 is 0. The molecule has 0 aliphatic carbocycles. The van der Waals surface area contributed by atoms with Crippen molar-refractivity contribution in [2.24, 2.45) is 0 Å². The monoisotopic (exact) mass is 383 g/mol. The number of hydrogen-bond acceptors (Lipinski definition) is 4. The Morgan fingerprint density at radius 1 is 0.929 bits per heavy atom. The first kappa shape index (κ1) is 19.5. The van der Waals surface area contributed by atoms with E-state index in [2.05, 4.69) is 10.2 Å². The number of Topliss-reactive ketones (excluding diaryl/α,β-unsaturated/α-hetero) is 1. The lowest BCUT2D eigenvalue weighted by atomic mass is 10.1. The fraction of sp³-hybridized carbons (Fsp3) is 0.286. The lowest BCUT2D eigenvalue weighted by molar-refractivity contribution is -0.132. The molecule has 28 heavy (non-hydrogen) atoms. The minimum atomic E-state index is -0.790.